The number of hydrogen-bond acceptors (Lipinski definition) is 5. The van der Waals surface area contributed by atoms with Gasteiger partial charge in [0.05, 0.1) is 6.61 Å². The molecule has 1 aromatic carbocycles. The zero-order chi connectivity index (χ0) is 19.8. The lowest BCUT2D eigenvalue weighted by atomic mass is 9.85. The van der Waals surface area contributed by atoms with Crippen LogP contribution in [-0.2, 0) is 11.3 Å². The SMILES string of the molecule is CCCOc1ccc(Oc2ncccc2CNC(=O)C2CCCC(N)C2)cc1.Cl.Cl. The van der Waals surface area contributed by atoms with Crippen molar-refractivity contribution in [1.29, 1.82) is 0 Å². The van der Waals surface area contributed by atoms with Gasteiger partial charge in [0.2, 0.25) is 11.8 Å². The van der Waals surface area contributed by atoms with Crippen LogP contribution >= 0.6 is 24.8 Å². The molecule has 0 saturated heterocycles. The highest BCUT2D eigenvalue weighted by Crippen LogP contribution is 2.26. The molecule has 1 amide bonds. The number of halogens is 2. The van der Waals surface area contributed by atoms with E-state index in [0.717, 1.165) is 43.4 Å². The highest BCUT2D eigenvalue weighted by atomic mass is 35.5. The van der Waals surface area contributed by atoms with E-state index < -0.39 is 0 Å². The molecule has 0 radical (unpaired) electrons. The predicted molar refractivity (Wildman–Crippen MR) is 123 cm³/mol. The number of pyridine rings is 1. The Bertz CT molecular complexity index is 774. The molecule has 3 rings (SSSR count). The minimum absolute atomic E-state index is 0. The zero-order valence-electron chi connectivity index (χ0n) is 17.2. The summed E-state index contributed by atoms with van der Waals surface area (Å²) in [6.45, 7) is 3.14. The zero-order valence-corrected chi connectivity index (χ0v) is 18.8. The predicted octanol–water partition coefficient (Wildman–Crippen LogP) is 4.64. The van der Waals surface area contributed by atoms with Crippen LogP contribution in [0.5, 0.6) is 17.4 Å². The Morgan fingerprint density at radius 3 is 2.60 bits per heavy atom. The van der Waals surface area contributed by atoms with Crippen molar-refractivity contribution in [2.45, 2.75) is 51.6 Å². The van der Waals surface area contributed by atoms with E-state index in [4.69, 9.17) is 15.2 Å². The van der Waals surface area contributed by atoms with Crippen molar-refractivity contribution in [3.05, 3.63) is 48.2 Å². The molecule has 1 saturated carbocycles. The number of ether oxygens (including phenoxy) is 2. The first-order chi connectivity index (χ1) is 13.7. The maximum absolute atomic E-state index is 12.5. The first kappa shape index (κ1) is 26.0. The number of amides is 1. The fraction of sp³-hybridized carbons (Fsp3) is 0.455. The number of rotatable bonds is 8. The second-order valence-electron chi connectivity index (χ2n) is 7.23. The molecule has 0 bridgehead atoms. The van der Waals surface area contributed by atoms with E-state index in [0.29, 0.717) is 24.8 Å². The average molecular weight is 456 g/mol. The summed E-state index contributed by atoms with van der Waals surface area (Å²) in [6, 6.07) is 11.3. The van der Waals surface area contributed by atoms with Crippen LogP contribution in [0.1, 0.15) is 44.6 Å². The number of hydrogen-bond donors (Lipinski definition) is 2. The van der Waals surface area contributed by atoms with Gasteiger partial charge in [-0.2, -0.15) is 0 Å². The number of carbonyl (C=O) groups is 1. The standard InChI is InChI=1S/C22H29N3O3.2ClH/c1-2-13-27-19-8-10-20(11-9-19)28-22-17(6-4-12-24-22)15-25-21(26)16-5-3-7-18(23)14-16;;/h4,6,8-12,16,18H,2-3,5,7,13-15,23H2,1H3,(H,25,26);2*1H. The molecule has 166 valence electrons. The number of nitrogens with two attached hydrogens (primary N) is 1. The molecule has 2 unspecified atom stereocenters. The molecule has 1 aromatic heterocycles. The maximum atomic E-state index is 12.5. The Morgan fingerprint density at radius 2 is 1.90 bits per heavy atom. The van der Waals surface area contributed by atoms with Crippen LogP contribution in [-0.4, -0.2) is 23.5 Å². The minimum Gasteiger partial charge on any atom is -0.494 e. The second-order valence-corrected chi connectivity index (χ2v) is 7.23. The molecule has 2 atom stereocenters. The first-order valence-electron chi connectivity index (χ1n) is 10.0. The van der Waals surface area contributed by atoms with E-state index in [2.05, 4.69) is 17.2 Å². The van der Waals surface area contributed by atoms with Gasteiger partial charge in [-0.05, 0) is 56.0 Å². The average Bonchev–Trinajstić information content (AvgIpc) is 2.72. The maximum Gasteiger partial charge on any atom is 0.224 e. The summed E-state index contributed by atoms with van der Waals surface area (Å²) in [5.74, 6) is 2.04. The summed E-state index contributed by atoms with van der Waals surface area (Å²) in [6.07, 6.45) is 6.33. The molecule has 0 spiro atoms. The Hall–Kier alpha value is -2.02. The number of nitrogens with zero attached hydrogens (tertiary/aromatic N) is 1. The third-order valence-corrected chi connectivity index (χ3v) is 4.90. The van der Waals surface area contributed by atoms with Gasteiger partial charge in [-0.15, -0.1) is 24.8 Å². The number of carbonyl (C=O) groups excluding carboxylic acids is 1. The summed E-state index contributed by atoms with van der Waals surface area (Å²) < 4.78 is 11.5. The molecule has 1 aliphatic carbocycles. The van der Waals surface area contributed by atoms with E-state index >= 15 is 0 Å². The molecule has 30 heavy (non-hydrogen) atoms. The summed E-state index contributed by atoms with van der Waals surface area (Å²) in [4.78, 5) is 16.8. The first-order valence-corrected chi connectivity index (χ1v) is 10.0. The largest absolute Gasteiger partial charge is 0.494 e. The lowest BCUT2D eigenvalue weighted by molar-refractivity contribution is -0.126. The number of aromatic nitrogens is 1. The molecule has 1 fully saturated rings. The van der Waals surface area contributed by atoms with Crippen LogP contribution in [0.25, 0.3) is 0 Å². The van der Waals surface area contributed by atoms with Crippen molar-refractivity contribution in [2.24, 2.45) is 11.7 Å². The van der Waals surface area contributed by atoms with Crippen LogP contribution < -0.4 is 20.5 Å². The van der Waals surface area contributed by atoms with Gasteiger partial charge in [-0.25, -0.2) is 4.98 Å². The Morgan fingerprint density at radius 1 is 1.17 bits per heavy atom. The van der Waals surface area contributed by atoms with Gasteiger partial charge in [0.15, 0.2) is 0 Å². The monoisotopic (exact) mass is 455 g/mol. The van der Waals surface area contributed by atoms with E-state index in [1.54, 1.807) is 6.20 Å². The summed E-state index contributed by atoms with van der Waals surface area (Å²) in [5, 5.41) is 3.01. The Labute approximate surface area is 190 Å². The Balaban J connectivity index is 0.00000225. The smallest absolute Gasteiger partial charge is 0.224 e. The summed E-state index contributed by atoms with van der Waals surface area (Å²) >= 11 is 0. The summed E-state index contributed by atoms with van der Waals surface area (Å²) in [7, 11) is 0. The van der Waals surface area contributed by atoms with Crippen LogP contribution in [0.3, 0.4) is 0 Å². The van der Waals surface area contributed by atoms with Crippen molar-refractivity contribution in [3.8, 4) is 17.4 Å². The number of benzene rings is 1. The number of nitrogens with one attached hydrogen (secondary N) is 1. The molecule has 3 N–H and O–H groups in total. The minimum atomic E-state index is 0. The van der Waals surface area contributed by atoms with E-state index in [1.165, 1.54) is 0 Å². The lowest BCUT2D eigenvalue weighted by Crippen LogP contribution is -2.37. The lowest BCUT2D eigenvalue weighted by Gasteiger charge is -2.25. The molecular formula is C22H31Cl2N3O3. The van der Waals surface area contributed by atoms with Crippen LogP contribution in [0.2, 0.25) is 0 Å². The van der Waals surface area contributed by atoms with Crippen molar-refractivity contribution in [3.63, 3.8) is 0 Å². The van der Waals surface area contributed by atoms with E-state index in [-0.39, 0.29) is 42.7 Å². The van der Waals surface area contributed by atoms with Crippen molar-refractivity contribution < 1.29 is 14.3 Å². The van der Waals surface area contributed by atoms with Gasteiger partial charge in [0.25, 0.3) is 0 Å². The van der Waals surface area contributed by atoms with Gasteiger partial charge >= 0.3 is 0 Å². The van der Waals surface area contributed by atoms with Crippen LogP contribution in [0, 0.1) is 5.92 Å². The van der Waals surface area contributed by atoms with Crippen molar-refractivity contribution in [1.82, 2.24) is 10.3 Å². The van der Waals surface area contributed by atoms with Crippen molar-refractivity contribution >= 4 is 30.7 Å². The fourth-order valence-electron chi connectivity index (χ4n) is 3.38. The molecular weight excluding hydrogens is 425 g/mol. The van der Waals surface area contributed by atoms with E-state index in [9.17, 15) is 4.79 Å². The molecule has 2 aromatic rings. The third-order valence-electron chi connectivity index (χ3n) is 4.90. The van der Waals surface area contributed by atoms with Gasteiger partial charge in [-0.1, -0.05) is 19.4 Å². The fourth-order valence-corrected chi connectivity index (χ4v) is 3.38. The van der Waals surface area contributed by atoms with Gasteiger partial charge in [0.1, 0.15) is 11.5 Å². The molecule has 8 heteroatoms. The molecule has 1 aliphatic rings. The van der Waals surface area contributed by atoms with Gasteiger partial charge < -0.3 is 20.5 Å². The van der Waals surface area contributed by atoms with Crippen molar-refractivity contribution in [2.75, 3.05) is 6.61 Å². The second kappa shape index (κ2) is 13.3. The molecule has 6 nitrogen and oxygen atoms in total. The molecule has 0 aliphatic heterocycles. The third kappa shape index (κ3) is 7.67. The normalized spacial score (nSPS) is 17.8. The van der Waals surface area contributed by atoms with Crippen LogP contribution in [0.15, 0.2) is 42.6 Å². The van der Waals surface area contributed by atoms with Gasteiger partial charge in [0, 0.05) is 30.3 Å². The van der Waals surface area contributed by atoms with Crippen LogP contribution in [0.4, 0.5) is 0 Å². The highest BCUT2D eigenvalue weighted by molar-refractivity contribution is 5.85. The van der Waals surface area contributed by atoms with Gasteiger partial charge in [-0.3, -0.25) is 4.79 Å². The Kier molecular flexibility index (Phi) is 11.5. The quantitative estimate of drug-likeness (QED) is 0.605. The van der Waals surface area contributed by atoms with E-state index in [1.807, 2.05) is 36.4 Å². The topological polar surface area (TPSA) is 86.5 Å². The molecule has 1 heterocycles. The highest BCUT2D eigenvalue weighted by Gasteiger charge is 2.25. The summed E-state index contributed by atoms with van der Waals surface area (Å²) in [5.41, 5.74) is 6.83.